The zero-order valence-electron chi connectivity index (χ0n) is 12.9. The van der Waals surface area contributed by atoms with E-state index in [9.17, 15) is 4.79 Å². The molecule has 2 aliphatic rings. The van der Waals surface area contributed by atoms with E-state index in [1.807, 2.05) is 23.2 Å². The van der Waals surface area contributed by atoms with E-state index in [-0.39, 0.29) is 11.8 Å². The summed E-state index contributed by atoms with van der Waals surface area (Å²) in [6.45, 7) is 8.15. The van der Waals surface area contributed by atoms with Crippen LogP contribution in [-0.2, 0) is 16.1 Å². The molecule has 0 N–H and O–H groups in total. The van der Waals surface area contributed by atoms with Crippen LogP contribution in [0.15, 0.2) is 31.0 Å². The maximum atomic E-state index is 12.8. The Morgan fingerprint density at radius 1 is 1.41 bits per heavy atom. The highest BCUT2D eigenvalue weighted by atomic mass is 16.5. The van der Waals surface area contributed by atoms with Crippen molar-refractivity contribution in [2.45, 2.75) is 19.4 Å². The Bertz CT molecular complexity index is 540. The number of ether oxygens (including phenoxy) is 1. The first kappa shape index (κ1) is 15.0. The molecule has 2 aliphatic heterocycles. The SMILES string of the molecule is C=CCN1CCN(C(=O)C2CCOCC2)Cc2cccnc21. The highest BCUT2D eigenvalue weighted by Crippen LogP contribution is 2.25. The van der Waals surface area contributed by atoms with Gasteiger partial charge in [0, 0.05) is 57.1 Å². The van der Waals surface area contributed by atoms with Gasteiger partial charge in [-0.25, -0.2) is 4.98 Å². The molecule has 0 atom stereocenters. The standard InChI is InChI=1S/C17H23N3O2/c1-2-8-19-9-10-20(13-15-4-3-7-18-16(15)19)17(21)14-5-11-22-12-6-14/h2-4,7,14H,1,5-6,8-13H2. The molecule has 0 unspecified atom stereocenters. The minimum Gasteiger partial charge on any atom is -0.381 e. The molecule has 1 aromatic rings. The second kappa shape index (κ2) is 6.92. The number of rotatable bonds is 3. The fraction of sp³-hybridized carbons (Fsp3) is 0.529. The van der Waals surface area contributed by atoms with Crippen molar-refractivity contribution in [3.8, 4) is 0 Å². The Labute approximate surface area is 131 Å². The van der Waals surface area contributed by atoms with Crippen molar-refractivity contribution in [3.63, 3.8) is 0 Å². The zero-order valence-corrected chi connectivity index (χ0v) is 12.9. The van der Waals surface area contributed by atoms with Crippen LogP contribution < -0.4 is 4.90 Å². The third-order valence-electron chi connectivity index (χ3n) is 4.40. The highest BCUT2D eigenvalue weighted by molar-refractivity contribution is 5.79. The molecule has 0 bridgehead atoms. The van der Waals surface area contributed by atoms with Crippen LogP contribution >= 0.6 is 0 Å². The van der Waals surface area contributed by atoms with Crippen molar-refractivity contribution in [3.05, 3.63) is 36.5 Å². The van der Waals surface area contributed by atoms with E-state index in [0.29, 0.717) is 19.8 Å². The van der Waals surface area contributed by atoms with Crippen LogP contribution in [0.5, 0.6) is 0 Å². The summed E-state index contributed by atoms with van der Waals surface area (Å²) in [6, 6.07) is 4.00. The summed E-state index contributed by atoms with van der Waals surface area (Å²) in [5.74, 6) is 1.35. The summed E-state index contributed by atoms with van der Waals surface area (Å²) in [7, 11) is 0. The van der Waals surface area contributed by atoms with E-state index >= 15 is 0 Å². The number of pyridine rings is 1. The Morgan fingerprint density at radius 2 is 2.23 bits per heavy atom. The Morgan fingerprint density at radius 3 is 3.00 bits per heavy atom. The Kier molecular flexibility index (Phi) is 4.73. The molecule has 1 saturated heterocycles. The first-order chi connectivity index (χ1) is 10.8. The minimum absolute atomic E-state index is 0.111. The van der Waals surface area contributed by atoms with E-state index in [2.05, 4.69) is 22.5 Å². The van der Waals surface area contributed by atoms with Gasteiger partial charge in [0.15, 0.2) is 0 Å². The number of amides is 1. The average molecular weight is 301 g/mol. The highest BCUT2D eigenvalue weighted by Gasteiger charge is 2.29. The third-order valence-corrected chi connectivity index (χ3v) is 4.40. The summed E-state index contributed by atoms with van der Waals surface area (Å²) in [5, 5.41) is 0. The van der Waals surface area contributed by atoms with Gasteiger partial charge in [-0.05, 0) is 18.9 Å². The number of anilines is 1. The summed E-state index contributed by atoms with van der Waals surface area (Å²) in [4.78, 5) is 21.5. The van der Waals surface area contributed by atoms with Crippen molar-refractivity contribution in [1.29, 1.82) is 0 Å². The van der Waals surface area contributed by atoms with Gasteiger partial charge in [0.25, 0.3) is 0 Å². The molecule has 1 amide bonds. The monoisotopic (exact) mass is 301 g/mol. The molecule has 3 rings (SSSR count). The number of carbonyl (C=O) groups excluding carboxylic acids is 1. The van der Waals surface area contributed by atoms with E-state index < -0.39 is 0 Å². The Balaban J connectivity index is 1.78. The first-order valence-corrected chi connectivity index (χ1v) is 7.96. The molecule has 5 nitrogen and oxygen atoms in total. The predicted molar refractivity (Wildman–Crippen MR) is 85.6 cm³/mol. The number of carbonyl (C=O) groups is 1. The largest absolute Gasteiger partial charge is 0.381 e. The van der Waals surface area contributed by atoms with Crippen molar-refractivity contribution in [2.75, 3.05) is 37.7 Å². The summed E-state index contributed by atoms with van der Waals surface area (Å²) < 4.78 is 5.37. The van der Waals surface area contributed by atoms with Crippen molar-refractivity contribution >= 4 is 11.7 Å². The van der Waals surface area contributed by atoms with Gasteiger partial charge in [0.2, 0.25) is 5.91 Å². The van der Waals surface area contributed by atoms with Crippen molar-refractivity contribution < 1.29 is 9.53 Å². The van der Waals surface area contributed by atoms with Crippen molar-refractivity contribution in [1.82, 2.24) is 9.88 Å². The number of aromatic nitrogens is 1. The molecule has 0 radical (unpaired) electrons. The molecule has 3 heterocycles. The van der Waals surface area contributed by atoms with Crippen LogP contribution in [-0.4, -0.2) is 48.6 Å². The van der Waals surface area contributed by atoms with E-state index in [4.69, 9.17) is 4.74 Å². The number of hydrogen-bond acceptors (Lipinski definition) is 4. The number of fused-ring (bicyclic) bond motifs is 1. The normalized spacial score (nSPS) is 19.5. The van der Waals surface area contributed by atoms with Gasteiger partial charge < -0.3 is 14.5 Å². The van der Waals surface area contributed by atoms with Crippen LogP contribution in [0.3, 0.4) is 0 Å². The number of hydrogen-bond donors (Lipinski definition) is 0. The lowest BCUT2D eigenvalue weighted by atomic mass is 9.98. The number of nitrogens with zero attached hydrogens (tertiary/aromatic N) is 3. The maximum absolute atomic E-state index is 12.8. The second-order valence-electron chi connectivity index (χ2n) is 5.87. The van der Waals surface area contributed by atoms with Crippen LogP contribution in [0.4, 0.5) is 5.82 Å². The smallest absolute Gasteiger partial charge is 0.226 e. The molecule has 0 aliphatic carbocycles. The molecular weight excluding hydrogens is 278 g/mol. The fourth-order valence-electron chi connectivity index (χ4n) is 3.19. The quantitative estimate of drug-likeness (QED) is 0.799. The van der Waals surface area contributed by atoms with Crippen LogP contribution in [0.2, 0.25) is 0 Å². The lowest BCUT2D eigenvalue weighted by molar-refractivity contribution is -0.139. The molecule has 1 aromatic heterocycles. The molecule has 1 fully saturated rings. The summed E-state index contributed by atoms with van der Waals surface area (Å²) in [6.07, 6.45) is 5.37. The molecule has 0 spiro atoms. The maximum Gasteiger partial charge on any atom is 0.226 e. The summed E-state index contributed by atoms with van der Waals surface area (Å²) in [5.41, 5.74) is 1.11. The predicted octanol–water partition coefficient (Wildman–Crippen LogP) is 1.84. The fourth-order valence-corrected chi connectivity index (χ4v) is 3.19. The Hall–Kier alpha value is -1.88. The zero-order chi connectivity index (χ0) is 15.4. The van der Waals surface area contributed by atoms with Gasteiger partial charge in [-0.1, -0.05) is 12.1 Å². The third kappa shape index (κ3) is 3.14. The van der Waals surface area contributed by atoms with Gasteiger partial charge in [-0.15, -0.1) is 6.58 Å². The van der Waals surface area contributed by atoms with Gasteiger partial charge in [-0.3, -0.25) is 4.79 Å². The average Bonchev–Trinajstić information content (AvgIpc) is 2.75. The van der Waals surface area contributed by atoms with Gasteiger partial charge in [0.05, 0.1) is 0 Å². The van der Waals surface area contributed by atoms with E-state index in [1.165, 1.54) is 0 Å². The second-order valence-corrected chi connectivity index (χ2v) is 5.87. The minimum atomic E-state index is 0.111. The van der Waals surface area contributed by atoms with Gasteiger partial charge in [0.1, 0.15) is 5.82 Å². The molecule has 5 heteroatoms. The topological polar surface area (TPSA) is 45.7 Å². The van der Waals surface area contributed by atoms with Crippen molar-refractivity contribution in [2.24, 2.45) is 5.92 Å². The van der Waals surface area contributed by atoms with Gasteiger partial charge >= 0.3 is 0 Å². The molecule has 118 valence electrons. The lowest BCUT2D eigenvalue weighted by Crippen LogP contribution is -2.40. The van der Waals surface area contributed by atoms with Crippen LogP contribution in [0.1, 0.15) is 18.4 Å². The van der Waals surface area contributed by atoms with E-state index in [0.717, 1.165) is 43.9 Å². The molecule has 0 aromatic carbocycles. The molecule has 0 saturated carbocycles. The van der Waals surface area contributed by atoms with Gasteiger partial charge in [-0.2, -0.15) is 0 Å². The summed E-state index contributed by atoms with van der Waals surface area (Å²) >= 11 is 0. The van der Waals surface area contributed by atoms with Crippen LogP contribution in [0, 0.1) is 5.92 Å². The first-order valence-electron chi connectivity index (χ1n) is 7.96. The van der Waals surface area contributed by atoms with Crippen LogP contribution in [0.25, 0.3) is 0 Å². The van der Waals surface area contributed by atoms with E-state index in [1.54, 1.807) is 0 Å². The molecular formula is C17H23N3O2. The molecule has 22 heavy (non-hydrogen) atoms. The lowest BCUT2D eigenvalue weighted by Gasteiger charge is -2.28.